The van der Waals surface area contributed by atoms with E-state index in [9.17, 15) is 4.79 Å². The standard InChI is InChI=1S/C18H18N4O2/c1-24-15-10-6-5-9-14(15)19-18(23)12-17-20-16(21-22-17)11-13-7-3-2-4-8-13/h2-10H,11-12H2,1H3,(H,19,23)(H,20,21,22). The van der Waals surface area contributed by atoms with Crippen molar-refractivity contribution < 1.29 is 9.53 Å². The van der Waals surface area contributed by atoms with Gasteiger partial charge in [0.15, 0.2) is 5.82 Å². The van der Waals surface area contributed by atoms with Crippen molar-refractivity contribution in [2.24, 2.45) is 0 Å². The molecule has 0 aliphatic rings. The lowest BCUT2D eigenvalue weighted by molar-refractivity contribution is -0.115. The third-order valence-corrected chi connectivity index (χ3v) is 3.49. The minimum atomic E-state index is -0.190. The number of carbonyl (C=O) groups excluding carboxylic acids is 1. The first-order valence-corrected chi connectivity index (χ1v) is 7.61. The lowest BCUT2D eigenvalue weighted by Gasteiger charge is -2.08. The summed E-state index contributed by atoms with van der Waals surface area (Å²) in [5.41, 5.74) is 1.77. The van der Waals surface area contributed by atoms with Crippen LogP contribution in [-0.4, -0.2) is 28.2 Å². The molecule has 2 N–H and O–H groups in total. The largest absolute Gasteiger partial charge is 0.495 e. The molecule has 24 heavy (non-hydrogen) atoms. The monoisotopic (exact) mass is 322 g/mol. The molecule has 0 saturated carbocycles. The zero-order valence-electron chi connectivity index (χ0n) is 13.3. The third-order valence-electron chi connectivity index (χ3n) is 3.49. The van der Waals surface area contributed by atoms with E-state index >= 15 is 0 Å². The molecule has 0 radical (unpaired) electrons. The average Bonchev–Trinajstić information content (AvgIpc) is 3.03. The number of aromatic amines is 1. The van der Waals surface area contributed by atoms with Gasteiger partial charge in [-0.1, -0.05) is 42.5 Å². The molecule has 0 spiro atoms. The van der Waals surface area contributed by atoms with E-state index in [0.717, 1.165) is 11.4 Å². The summed E-state index contributed by atoms with van der Waals surface area (Å²) in [4.78, 5) is 16.5. The Labute approximate surface area is 139 Å². The average molecular weight is 322 g/mol. The molecule has 0 saturated heterocycles. The van der Waals surface area contributed by atoms with Crippen LogP contribution < -0.4 is 10.1 Å². The predicted octanol–water partition coefficient (Wildman–Crippen LogP) is 2.59. The summed E-state index contributed by atoms with van der Waals surface area (Å²) in [6, 6.07) is 17.2. The lowest BCUT2D eigenvalue weighted by Crippen LogP contribution is -2.15. The molecule has 0 atom stereocenters. The van der Waals surface area contributed by atoms with E-state index in [1.165, 1.54) is 0 Å². The van der Waals surface area contributed by atoms with Gasteiger partial charge in [-0.05, 0) is 17.7 Å². The van der Waals surface area contributed by atoms with Crippen molar-refractivity contribution in [2.75, 3.05) is 12.4 Å². The molecule has 3 aromatic rings. The second-order valence-corrected chi connectivity index (χ2v) is 5.29. The molecule has 0 fully saturated rings. The molecule has 0 unspecified atom stereocenters. The molecule has 6 nitrogen and oxygen atoms in total. The second kappa shape index (κ2) is 7.41. The molecule has 122 valence electrons. The third kappa shape index (κ3) is 3.98. The second-order valence-electron chi connectivity index (χ2n) is 5.29. The van der Waals surface area contributed by atoms with E-state index < -0.39 is 0 Å². The Balaban J connectivity index is 1.61. The van der Waals surface area contributed by atoms with Crippen molar-refractivity contribution in [1.29, 1.82) is 0 Å². The first-order chi connectivity index (χ1) is 11.7. The quantitative estimate of drug-likeness (QED) is 0.731. The van der Waals surface area contributed by atoms with E-state index in [1.807, 2.05) is 42.5 Å². The van der Waals surface area contributed by atoms with Gasteiger partial charge in [0.05, 0.1) is 19.2 Å². The van der Waals surface area contributed by atoms with Gasteiger partial charge in [-0.3, -0.25) is 9.89 Å². The van der Waals surface area contributed by atoms with E-state index in [1.54, 1.807) is 19.2 Å². The summed E-state index contributed by atoms with van der Waals surface area (Å²) < 4.78 is 5.21. The number of aromatic nitrogens is 3. The number of hydrogen-bond acceptors (Lipinski definition) is 4. The number of para-hydroxylation sites is 2. The molecule has 0 aliphatic carbocycles. The summed E-state index contributed by atoms with van der Waals surface area (Å²) in [6.45, 7) is 0. The van der Waals surface area contributed by atoms with Crippen LogP contribution in [0.2, 0.25) is 0 Å². The normalized spacial score (nSPS) is 10.4. The highest BCUT2D eigenvalue weighted by molar-refractivity contribution is 5.93. The Morgan fingerprint density at radius 3 is 2.67 bits per heavy atom. The number of nitrogens with one attached hydrogen (secondary N) is 2. The van der Waals surface area contributed by atoms with E-state index in [4.69, 9.17) is 4.74 Å². The molecule has 6 heteroatoms. The van der Waals surface area contributed by atoms with Crippen LogP contribution in [0.25, 0.3) is 0 Å². The molecular formula is C18H18N4O2. The van der Waals surface area contributed by atoms with Crippen LogP contribution in [0.15, 0.2) is 54.6 Å². The Hall–Kier alpha value is -3.15. The van der Waals surface area contributed by atoms with Gasteiger partial charge in [0.1, 0.15) is 11.6 Å². The van der Waals surface area contributed by atoms with Gasteiger partial charge in [0, 0.05) is 6.42 Å². The number of anilines is 1. The van der Waals surface area contributed by atoms with Crippen LogP contribution in [0.3, 0.4) is 0 Å². The molecular weight excluding hydrogens is 304 g/mol. The number of hydrogen-bond donors (Lipinski definition) is 2. The van der Waals surface area contributed by atoms with Gasteiger partial charge in [-0.25, -0.2) is 4.98 Å². The van der Waals surface area contributed by atoms with Crippen molar-refractivity contribution in [3.63, 3.8) is 0 Å². The molecule has 3 rings (SSSR count). The van der Waals surface area contributed by atoms with E-state index in [0.29, 0.717) is 23.7 Å². The Kier molecular flexibility index (Phi) is 4.86. The summed E-state index contributed by atoms with van der Waals surface area (Å²) >= 11 is 0. The smallest absolute Gasteiger partial charge is 0.232 e. The highest BCUT2D eigenvalue weighted by atomic mass is 16.5. The Bertz CT molecular complexity index is 815. The van der Waals surface area contributed by atoms with Crippen molar-refractivity contribution in [1.82, 2.24) is 15.2 Å². The van der Waals surface area contributed by atoms with Gasteiger partial charge < -0.3 is 10.1 Å². The molecule has 1 amide bonds. The Morgan fingerprint density at radius 2 is 1.88 bits per heavy atom. The maximum absolute atomic E-state index is 12.2. The van der Waals surface area contributed by atoms with Crippen LogP contribution in [0.5, 0.6) is 5.75 Å². The number of amides is 1. The fraction of sp³-hybridized carbons (Fsp3) is 0.167. The minimum Gasteiger partial charge on any atom is -0.495 e. The van der Waals surface area contributed by atoms with Gasteiger partial charge in [0.2, 0.25) is 5.91 Å². The van der Waals surface area contributed by atoms with Crippen LogP contribution in [0, 0.1) is 0 Å². The molecule has 0 aliphatic heterocycles. The van der Waals surface area contributed by atoms with E-state index in [2.05, 4.69) is 20.5 Å². The highest BCUT2D eigenvalue weighted by Gasteiger charge is 2.11. The Morgan fingerprint density at radius 1 is 1.12 bits per heavy atom. The number of methoxy groups -OCH3 is 1. The van der Waals surface area contributed by atoms with E-state index in [-0.39, 0.29) is 12.3 Å². The summed E-state index contributed by atoms with van der Waals surface area (Å²) in [7, 11) is 1.57. The van der Waals surface area contributed by atoms with Gasteiger partial charge in [-0.2, -0.15) is 5.10 Å². The van der Waals surface area contributed by atoms with Crippen LogP contribution in [0.4, 0.5) is 5.69 Å². The first kappa shape index (κ1) is 15.7. The number of rotatable bonds is 6. The number of ether oxygens (including phenoxy) is 1. The first-order valence-electron chi connectivity index (χ1n) is 7.61. The molecule has 1 heterocycles. The zero-order valence-corrected chi connectivity index (χ0v) is 13.3. The topological polar surface area (TPSA) is 79.9 Å². The zero-order chi connectivity index (χ0) is 16.8. The summed E-state index contributed by atoms with van der Waals surface area (Å²) in [5.74, 6) is 1.63. The van der Waals surface area contributed by atoms with Gasteiger partial charge in [0.25, 0.3) is 0 Å². The van der Waals surface area contributed by atoms with Crippen molar-refractivity contribution in [2.45, 2.75) is 12.8 Å². The summed E-state index contributed by atoms with van der Waals surface area (Å²) in [5, 5.41) is 9.80. The number of carbonyl (C=O) groups is 1. The van der Waals surface area contributed by atoms with Crippen LogP contribution in [0.1, 0.15) is 17.2 Å². The fourth-order valence-electron chi connectivity index (χ4n) is 2.37. The summed E-state index contributed by atoms with van der Waals surface area (Å²) in [6.07, 6.45) is 0.755. The number of nitrogens with zero attached hydrogens (tertiary/aromatic N) is 2. The molecule has 1 aromatic heterocycles. The maximum atomic E-state index is 12.2. The number of H-pyrrole nitrogens is 1. The minimum absolute atomic E-state index is 0.101. The van der Waals surface area contributed by atoms with Crippen molar-refractivity contribution >= 4 is 11.6 Å². The van der Waals surface area contributed by atoms with Crippen LogP contribution in [-0.2, 0) is 17.6 Å². The van der Waals surface area contributed by atoms with Crippen molar-refractivity contribution in [3.8, 4) is 5.75 Å². The SMILES string of the molecule is COc1ccccc1NC(=O)Cc1n[nH]c(Cc2ccccc2)n1. The maximum Gasteiger partial charge on any atom is 0.232 e. The highest BCUT2D eigenvalue weighted by Crippen LogP contribution is 2.23. The fourth-order valence-corrected chi connectivity index (χ4v) is 2.37. The predicted molar refractivity (Wildman–Crippen MR) is 91.0 cm³/mol. The molecule has 2 aromatic carbocycles. The lowest BCUT2D eigenvalue weighted by atomic mass is 10.1. The molecule has 0 bridgehead atoms. The van der Waals surface area contributed by atoms with Gasteiger partial charge in [-0.15, -0.1) is 0 Å². The van der Waals surface area contributed by atoms with Crippen molar-refractivity contribution in [3.05, 3.63) is 71.8 Å². The van der Waals surface area contributed by atoms with Gasteiger partial charge >= 0.3 is 0 Å². The number of benzene rings is 2. The van der Waals surface area contributed by atoms with Crippen LogP contribution >= 0.6 is 0 Å².